The molecule has 0 radical (unpaired) electrons. The molecular weight excluding hydrogens is 464 g/mol. The van der Waals surface area contributed by atoms with Gasteiger partial charge < -0.3 is 15.4 Å². The molecule has 3 amide bonds. The van der Waals surface area contributed by atoms with Crippen molar-refractivity contribution in [1.82, 2.24) is 4.98 Å². The van der Waals surface area contributed by atoms with Crippen molar-refractivity contribution in [3.8, 4) is 5.75 Å². The summed E-state index contributed by atoms with van der Waals surface area (Å²) in [5.74, 6) is -0.365. The Morgan fingerprint density at radius 1 is 0.771 bits per heavy atom. The maximum Gasteiger partial charge on any atom is 0.262 e. The molecule has 0 aliphatic rings. The number of carbonyl (C=O) groups is 3. The summed E-state index contributed by atoms with van der Waals surface area (Å²) in [5, 5.41) is 10.4. The SMILES string of the molecule is O=C(COc1cccc(NC(=O)Cc2csc(NC(=O)c3ccccc3)n2)c1)Nc1ccccc1. The molecule has 8 nitrogen and oxygen atoms in total. The maximum absolute atomic E-state index is 12.5. The van der Waals surface area contributed by atoms with E-state index >= 15 is 0 Å². The summed E-state index contributed by atoms with van der Waals surface area (Å²) in [5.41, 5.74) is 2.29. The highest BCUT2D eigenvalue weighted by molar-refractivity contribution is 7.14. The molecule has 1 heterocycles. The van der Waals surface area contributed by atoms with Gasteiger partial charge in [0.05, 0.1) is 12.1 Å². The van der Waals surface area contributed by atoms with Crippen LogP contribution in [0.5, 0.6) is 5.75 Å². The van der Waals surface area contributed by atoms with E-state index in [1.807, 2.05) is 24.3 Å². The minimum absolute atomic E-state index is 0.0439. The van der Waals surface area contributed by atoms with Crippen molar-refractivity contribution >= 4 is 45.6 Å². The van der Waals surface area contributed by atoms with Gasteiger partial charge in [0.2, 0.25) is 5.91 Å². The molecule has 9 heteroatoms. The zero-order valence-corrected chi connectivity index (χ0v) is 19.4. The number of benzene rings is 3. The summed E-state index contributed by atoms with van der Waals surface area (Å²) in [6, 6.07) is 24.7. The predicted octanol–water partition coefficient (Wildman–Crippen LogP) is 4.59. The van der Waals surface area contributed by atoms with Crippen molar-refractivity contribution in [3.63, 3.8) is 0 Å². The van der Waals surface area contributed by atoms with Crippen LogP contribution in [-0.4, -0.2) is 29.3 Å². The Morgan fingerprint density at radius 3 is 2.23 bits per heavy atom. The molecule has 0 spiro atoms. The van der Waals surface area contributed by atoms with Crippen molar-refractivity contribution in [2.45, 2.75) is 6.42 Å². The van der Waals surface area contributed by atoms with Crippen molar-refractivity contribution in [2.75, 3.05) is 22.6 Å². The van der Waals surface area contributed by atoms with E-state index in [1.165, 1.54) is 11.3 Å². The molecule has 0 unspecified atom stereocenters. The van der Waals surface area contributed by atoms with Crippen LogP contribution in [0.4, 0.5) is 16.5 Å². The molecule has 4 rings (SSSR count). The number of ether oxygens (including phenoxy) is 1. The van der Waals surface area contributed by atoms with Gasteiger partial charge in [-0.1, -0.05) is 42.5 Å². The zero-order valence-electron chi connectivity index (χ0n) is 18.6. The van der Waals surface area contributed by atoms with Crippen LogP contribution >= 0.6 is 11.3 Å². The van der Waals surface area contributed by atoms with Gasteiger partial charge in [-0.2, -0.15) is 0 Å². The van der Waals surface area contributed by atoms with Gasteiger partial charge in [0.1, 0.15) is 5.75 Å². The Labute approximate surface area is 206 Å². The highest BCUT2D eigenvalue weighted by atomic mass is 32.1. The van der Waals surface area contributed by atoms with E-state index in [4.69, 9.17) is 4.74 Å². The number of hydrogen-bond acceptors (Lipinski definition) is 6. The Kier molecular flexibility index (Phi) is 7.82. The lowest BCUT2D eigenvalue weighted by molar-refractivity contribution is -0.118. The molecule has 0 bridgehead atoms. The predicted molar refractivity (Wildman–Crippen MR) is 136 cm³/mol. The quantitative estimate of drug-likeness (QED) is 0.321. The first-order valence-corrected chi connectivity index (χ1v) is 11.6. The second-order valence-corrected chi connectivity index (χ2v) is 8.28. The van der Waals surface area contributed by atoms with E-state index in [-0.39, 0.29) is 30.7 Å². The molecule has 0 saturated heterocycles. The molecule has 0 atom stereocenters. The number of nitrogens with zero attached hydrogens (tertiary/aromatic N) is 1. The Bertz CT molecular complexity index is 1310. The molecule has 1 aromatic heterocycles. The fourth-order valence-corrected chi connectivity index (χ4v) is 3.81. The van der Waals surface area contributed by atoms with Gasteiger partial charge in [0.15, 0.2) is 11.7 Å². The van der Waals surface area contributed by atoms with Crippen molar-refractivity contribution in [1.29, 1.82) is 0 Å². The van der Waals surface area contributed by atoms with E-state index in [2.05, 4.69) is 20.9 Å². The largest absolute Gasteiger partial charge is 0.484 e. The normalized spacial score (nSPS) is 10.3. The number of anilines is 3. The van der Waals surface area contributed by atoms with Crippen molar-refractivity contribution < 1.29 is 19.1 Å². The van der Waals surface area contributed by atoms with E-state index < -0.39 is 0 Å². The first kappa shape index (κ1) is 23.7. The van der Waals surface area contributed by atoms with Crippen LogP contribution in [0.3, 0.4) is 0 Å². The van der Waals surface area contributed by atoms with E-state index in [1.54, 1.807) is 66.0 Å². The summed E-state index contributed by atoms with van der Waals surface area (Å²) in [6.07, 6.45) is 0.0439. The van der Waals surface area contributed by atoms with Crippen LogP contribution in [0.25, 0.3) is 0 Å². The average molecular weight is 487 g/mol. The van der Waals surface area contributed by atoms with Gasteiger partial charge in [0.25, 0.3) is 11.8 Å². The third kappa shape index (κ3) is 7.24. The molecular formula is C26H22N4O4S. The number of nitrogens with one attached hydrogen (secondary N) is 3. The third-order valence-corrected chi connectivity index (χ3v) is 5.50. The Balaban J connectivity index is 1.26. The van der Waals surface area contributed by atoms with E-state index in [0.717, 1.165) is 0 Å². The van der Waals surface area contributed by atoms with Crippen LogP contribution in [0.15, 0.2) is 90.3 Å². The second-order valence-electron chi connectivity index (χ2n) is 7.42. The van der Waals surface area contributed by atoms with Gasteiger partial charge >= 0.3 is 0 Å². The molecule has 3 N–H and O–H groups in total. The number of amides is 3. The number of carbonyl (C=O) groups excluding carboxylic acids is 3. The molecule has 35 heavy (non-hydrogen) atoms. The minimum Gasteiger partial charge on any atom is -0.484 e. The third-order valence-electron chi connectivity index (χ3n) is 4.70. The summed E-state index contributed by atoms with van der Waals surface area (Å²) in [4.78, 5) is 41.1. The van der Waals surface area contributed by atoms with Crippen molar-refractivity contribution in [3.05, 3.63) is 102 Å². The standard InChI is InChI=1S/C26H22N4O4S/c31-23(15-21-17-35-26(29-21)30-25(33)18-8-3-1-4-9-18)28-20-12-7-13-22(14-20)34-16-24(32)27-19-10-5-2-6-11-19/h1-14,17H,15-16H2,(H,27,32)(H,28,31)(H,29,30,33). The number of para-hydroxylation sites is 1. The summed E-state index contributed by atoms with van der Waals surface area (Å²) in [6.45, 7) is -0.164. The maximum atomic E-state index is 12.5. The van der Waals surface area contributed by atoms with Gasteiger partial charge in [-0.3, -0.25) is 19.7 Å². The topological polar surface area (TPSA) is 109 Å². The molecule has 176 valence electrons. The number of rotatable bonds is 9. The monoisotopic (exact) mass is 486 g/mol. The van der Waals surface area contributed by atoms with Gasteiger partial charge in [0, 0.05) is 28.4 Å². The van der Waals surface area contributed by atoms with Crippen LogP contribution in [-0.2, 0) is 16.0 Å². The van der Waals surface area contributed by atoms with Gasteiger partial charge in [-0.25, -0.2) is 4.98 Å². The Hall–Kier alpha value is -4.50. The van der Waals surface area contributed by atoms with E-state index in [9.17, 15) is 14.4 Å². The van der Waals surface area contributed by atoms with Gasteiger partial charge in [-0.05, 0) is 36.4 Å². The average Bonchev–Trinajstić information content (AvgIpc) is 3.30. The lowest BCUT2D eigenvalue weighted by Crippen LogP contribution is -2.20. The molecule has 0 aliphatic heterocycles. The van der Waals surface area contributed by atoms with Crippen LogP contribution < -0.4 is 20.7 Å². The number of aromatic nitrogens is 1. The zero-order chi connectivity index (χ0) is 24.5. The fourth-order valence-electron chi connectivity index (χ4n) is 3.11. The van der Waals surface area contributed by atoms with Crippen LogP contribution in [0.1, 0.15) is 16.1 Å². The highest BCUT2D eigenvalue weighted by Crippen LogP contribution is 2.20. The summed E-state index contributed by atoms with van der Waals surface area (Å²) >= 11 is 1.25. The van der Waals surface area contributed by atoms with Gasteiger partial charge in [-0.15, -0.1) is 11.3 Å². The molecule has 4 aromatic rings. The smallest absolute Gasteiger partial charge is 0.262 e. The number of hydrogen-bond donors (Lipinski definition) is 3. The lowest BCUT2D eigenvalue weighted by atomic mass is 10.2. The van der Waals surface area contributed by atoms with Crippen LogP contribution in [0, 0.1) is 0 Å². The fraction of sp³-hybridized carbons (Fsp3) is 0.0769. The van der Waals surface area contributed by atoms with Crippen LogP contribution in [0.2, 0.25) is 0 Å². The molecule has 0 fully saturated rings. The van der Waals surface area contributed by atoms with Crippen molar-refractivity contribution in [2.24, 2.45) is 0 Å². The summed E-state index contributed by atoms with van der Waals surface area (Å²) in [7, 11) is 0. The Morgan fingerprint density at radius 2 is 1.46 bits per heavy atom. The van der Waals surface area contributed by atoms with E-state index in [0.29, 0.717) is 33.5 Å². The molecule has 0 aliphatic carbocycles. The number of thiazole rings is 1. The second kappa shape index (κ2) is 11.6. The lowest BCUT2D eigenvalue weighted by Gasteiger charge is -2.09. The minimum atomic E-state index is -0.288. The highest BCUT2D eigenvalue weighted by Gasteiger charge is 2.12. The first-order valence-electron chi connectivity index (χ1n) is 10.7. The first-order chi connectivity index (χ1) is 17.0. The molecule has 0 saturated carbocycles. The summed E-state index contributed by atoms with van der Waals surface area (Å²) < 4.78 is 5.54. The molecule has 3 aromatic carbocycles.